The first kappa shape index (κ1) is 21.9. The maximum atomic E-state index is 13.2. The molecule has 0 aliphatic carbocycles. The van der Waals surface area contributed by atoms with Gasteiger partial charge >= 0.3 is 12.2 Å². The van der Waals surface area contributed by atoms with Crippen LogP contribution in [0, 0.1) is 11.3 Å². The lowest BCUT2D eigenvalue weighted by atomic mass is 9.93. The van der Waals surface area contributed by atoms with Crippen LogP contribution in [0.5, 0.6) is 0 Å². The summed E-state index contributed by atoms with van der Waals surface area (Å²) in [4.78, 5) is 26.4. The number of hydrogen-bond donors (Lipinski definition) is 3. The molecule has 0 saturated carbocycles. The first-order valence-electron chi connectivity index (χ1n) is 9.12. The van der Waals surface area contributed by atoms with E-state index in [2.05, 4.69) is 10.6 Å². The predicted molar refractivity (Wildman–Crippen MR) is 106 cm³/mol. The highest BCUT2D eigenvalue weighted by molar-refractivity contribution is 6.04. The van der Waals surface area contributed by atoms with Crippen molar-refractivity contribution in [3.8, 4) is 6.07 Å². The van der Waals surface area contributed by atoms with Crippen LogP contribution in [-0.4, -0.2) is 25.5 Å². The molecule has 7 nitrogen and oxygen atoms in total. The van der Waals surface area contributed by atoms with Gasteiger partial charge in [-0.3, -0.25) is 9.69 Å². The number of alkyl halides is 3. The lowest BCUT2D eigenvalue weighted by molar-refractivity contribution is -0.137. The topological polar surface area (TPSA) is 111 Å². The van der Waals surface area contributed by atoms with E-state index in [9.17, 15) is 22.8 Å². The van der Waals surface area contributed by atoms with Gasteiger partial charge in [0.05, 0.1) is 40.2 Å². The van der Waals surface area contributed by atoms with Crippen LogP contribution < -0.4 is 21.3 Å². The zero-order valence-corrected chi connectivity index (χ0v) is 16.3. The van der Waals surface area contributed by atoms with Crippen molar-refractivity contribution in [2.45, 2.75) is 12.2 Å². The number of carbonyl (C=O) groups is 2. The van der Waals surface area contributed by atoms with Gasteiger partial charge in [0.25, 0.3) is 0 Å². The Morgan fingerprint density at radius 1 is 1.26 bits per heavy atom. The van der Waals surface area contributed by atoms with Crippen LogP contribution in [0.4, 0.5) is 23.7 Å². The second kappa shape index (κ2) is 8.49. The molecule has 1 aliphatic rings. The van der Waals surface area contributed by atoms with Crippen LogP contribution in [-0.2, 0) is 11.0 Å². The number of urea groups is 1. The Morgan fingerprint density at radius 2 is 1.94 bits per heavy atom. The summed E-state index contributed by atoms with van der Waals surface area (Å²) < 4.78 is 39.6. The molecule has 0 saturated heterocycles. The molecule has 2 aromatic rings. The van der Waals surface area contributed by atoms with Gasteiger partial charge in [-0.2, -0.15) is 18.4 Å². The van der Waals surface area contributed by atoms with Crippen molar-refractivity contribution in [1.29, 1.82) is 5.26 Å². The van der Waals surface area contributed by atoms with Crippen molar-refractivity contribution in [3.63, 3.8) is 0 Å². The summed E-state index contributed by atoms with van der Waals surface area (Å²) in [7, 11) is 1.57. The minimum atomic E-state index is -4.60. The lowest BCUT2D eigenvalue weighted by Gasteiger charge is -2.36. The quantitative estimate of drug-likeness (QED) is 0.679. The molecule has 0 aromatic heterocycles. The van der Waals surface area contributed by atoms with Crippen molar-refractivity contribution in [2.24, 2.45) is 5.73 Å². The van der Waals surface area contributed by atoms with Crippen molar-refractivity contribution in [3.05, 3.63) is 76.5 Å². The predicted octanol–water partition coefficient (Wildman–Crippen LogP) is 2.81. The Balaban J connectivity index is 2.18. The van der Waals surface area contributed by atoms with Gasteiger partial charge in [-0.15, -0.1) is 0 Å². The summed E-state index contributed by atoms with van der Waals surface area (Å²) in [5, 5.41) is 14.4. The molecule has 0 radical (unpaired) electrons. The summed E-state index contributed by atoms with van der Waals surface area (Å²) in [6.45, 7) is -0.00524. The van der Waals surface area contributed by atoms with Gasteiger partial charge in [0.15, 0.2) is 0 Å². The Hall–Kier alpha value is -3.84. The molecule has 1 aliphatic heterocycles. The first-order valence-corrected chi connectivity index (χ1v) is 9.12. The van der Waals surface area contributed by atoms with Crippen LogP contribution >= 0.6 is 0 Å². The minimum absolute atomic E-state index is 0.00524. The van der Waals surface area contributed by atoms with Crippen LogP contribution in [0.25, 0.3) is 0 Å². The normalized spacial score (nSPS) is 16.7. The number of hydrogen-bond acceptors (Lipinski definition) is 4. The highest BCUT2D eigenvalue weighted by atomic mass is 19.4. The van der Waals surface area contributed by atoms with Gasteiger partial charge in [0, 0.05) is 6.54 Å². The van der Waals surface area contributed by atoms with E-state index < -0.39 is 29.7 Å². The Labute approximate surface area is 175 Å². The zero-order chi connectivity index (χ0) is 22.8. The molecular weight excluding hydrogens is 411 g/mol. The van der Waals surface area contributed by atoms with Gasteiger partial charge in [-0.05, 0) is 42.9 Å². The third kappa shape index (κ3) is 4.36. The monoisotopic (exact) mass is 429 g/mol. The number of nitrogens with zero attached hydrogens (tertiary/aromatic N) is 2. The highest BCUT2D eigenvalue weighted by Crippen LogP contribution is 2.36. The Morgan fingerprint density at radius 3 is 2.48 bits per heavy atom. The standard InChI is InChI=1S/C21H18F3N5O2/c1-27-11-16-17(19(26)30)18(13-7-5-12(10-25)6-8-13)28-20(31)29(16)15-4-2-3-14(9-15)21(22,23)24/h2-9,18,27H,11H2,1H3,(H2,26,30)(H,28,31)/t18-/m1/s1. The number of nitrogens with one attached hydrogen (secondary N) is 2. The molecular formula is C21H18F3N5O2. The van der Waals surface area contributed by atoms with E-state index in [4.69, 9.17) is 11.0 Å². The molecule has 31 heavy (non-hydrogen) atoms. The molecule has 1 atom stereocenters. The van der Waals surface area contributed by atoms with Gasteiger partial charge < -0.3 is 16.4 Å². The van der Waals surface area contributed by atoms with E-state index in [0.29, 0.717) is 11.1 Å². The molecule has 0 fully saturated rings. The molecule has 1 heterocycles. The van der Waals surface area contributed by atoms with Gasteiger partial charge in [0.1, 0.15) is 0 Å². The van der Waals surface area contributed by atoms with E-state index in [-0.39, 0.29) is 23.5 Å². The second-order valence-electron chi connectivity index (χ2n) is 6.75. The Bertz CT molecular complexity index is 1090. The number of amides is 3. The fourth-order valence-corrected chi connectivity index (χ4v) is 3.39. The molecule has 10 heteroatoms. The molecule has 3 rings (SSSR count). The average Bonchev–Trinajstić information content (AvgIpc) is 2.73. The summed E-state index contributed by atoms with van der Waals surface area (Å²) >= 11 is 0. The molecule has 0 bridgehead atoms. The molecule has 3 amide bonds. The van der Waals surface area contributed by atoms with Crippen molar-refractivity contribution >= 4 is 17.6 Å². The van der Waals surface area contributed by atoms with Gasteiger partial charge in [-0.25, -0.2) is 4.79 Å². The minimum Gasteiger partial charge on any atom is -0.366 e. The lowest BCUT2D eigenvalue weighted by Crippen LogP contribution is -2.51. The van der Waals surface area contributed by atoms with Crippen LogP contribution in [0.1, 0.15) is 22.7 Å². The first-order chi connectivity index (χ1) is 14.7. The second-order valence-corrected chi connectivity index (χ2v) is 6.75. The van der Waals surface area contributed by atoms with Crippen LogP contribution in [0.2, 0.25) is 0 Å². The number of nitrogens with two attached hydrogens (primary N) is 1. The molecule has 0 spiro atoms. The summed E-state index contributed by atoms with van der Waals surface area (Å²) in [6, 6.07) is 10.8. The third-order valence-corrected chi connectivity index (χ3v) is 4.75. The van der Waals surface area contributed by atoms with E-state index in [0.717, 1.165) is 17.0 Å². The summed E-state index contributed by atoms with van der Waals surface area (Å²) in [5.41, 5.74) is 5.67. The van der Waals surface area contributed by atoms with Gasteiger partial charge in [0.2, 0.25) is 5.91 Å². The number of carbonyl (C=O) groups excluding carboxylic acids is 2. The van der Waals surface area contributed by atoms with E-state index in [1.165, 1.54) is 24.3 Å². The van der Waals surface area contributed by atoms with E-state index in [1.54, 1.807) is 19.2 Å². The average molecular weight is 429 g/mol. The number of halogens is 3. The number of rotatable bonds is 5. The largest absolute Gasteiger partial charge is 0.416 e. The molecule has 4 N–H and O–H groups in total. The number of benzene rings is 2. The van der Waals surface area contributed by atoms with Crippen molar-refractivity contribution < 1.29 is 22.8 Å². The number of likely N-dealkylation sites (N-methyl/N-ethyl adjacent to an activating group) is 1. The smallest absolute Gasteiger partial charge is 0.366 e. The fourth-order valence-electron chi connectivity index (χ4n) is 3.39. The van der Waals surface area contributed by atoms with Crippen molar-refractivity contribution in [1.82, 2.24) is 10.6 Å². The Kier molecular flexibility index (Phi) is 5.99. The molecule has 160 valence electrons. The zero-order valence-electron chi connectivity index (χ0n) is 16.3. The van der Waals surface area contributed by atoms with Crippen LogP contribution in [0.3, 0.4) is 0 Å². The van der Waals surface area contributed by atoms with Crippen molar-refractivity contribution in [2.75, 3.05) is 18.5 Å². The summed E-state index contributed by atoms with van der Waals surface area (Å²) in [5.74, 6) is -0.836. The fraction of sp³-hybridized carbons (Fsp3) is 0.190. The number of nitriles is 1. The number of primary amides is 1. The SMILES string of the molecule is CNCC1=C(C(N)=O)[C@@H](c2ccc(C#N)cc2)NC(=O)N1c1cccc(C(F)(F)F)c1. The molecule has 2 aromatic carbocycles. The highest BCUT2D eigenvalue weighted by Gasteiger charge is 2.38. The van der Waals surface area contributed by atoms with Gasteiger partial charge in [-0.1, -0.05) is 18.2 Å². The third-order valence-electron chi connectivity index (χ3n) is 4.75. The van der Waals surface area contributed by atoms with Crippen LogP contribution in [0.15, 0.2) is 59.8 Å². The van der Waals surface area contributed by atoms with E-state index in [1.807, 2.05) is 6.07 Å². The van der Waals surface area contributed by atoms with E-state index >= 15 is 0 Å². The maximum Gasteiger partial charge on any atom is 0.416 e. The molecule has 0 unspecified atom stereocenters. The number of anilines is 1. The summed E-state index contributed by atoms with van der Waals surface area (Å²) in [6.07, 6.45) is -4.60. The maximum absolute atomic E-state index is 13.2.